The molecule has 0 saturated heterocycles. The van der Waals surface area contributed by atoms with E-state index in [2.05, 4.69) is 94.1 Å². The molecule has 1 N–H and O–H groups in total. The fourth-order valence-electron chi connectivity index (χ4n) is 5.38. The Bertz CT molecular complexity index is 1680. The molecule has 0 spiro atoms. The average molecular weight is 680 g/mol. The number of aromatic hydroxyl groups is 1. The van der Waals surface area contributed by atoms with E-state index in [1.807, 2.05) is 30.5 Å². The zero-order valence-corrected chi connectivity index (χ0v) is 24.5. The summed E-state index contributed by atoms with van der Waals surface area (Å²) in [6, 6.07) is 28.6. The monoisotopic (exact) mass is 679 g/mol. The summed E-state index contributed by atoms with van der Waals surface area (Å²) >= 11 is 0. The molecule has 0 fully saturated rings. The minimum atomic E-state index is -0.205. The molecule has 0 bridgehead atoms. The third-order valence-corrected chi connectivity index (χ3v) is 7.51. The van der Waals surface area contributed by atoms with Crippen LogP contribution in [-0.4, -0.2) is 15.1 Å². The van der Waals surface area contributed by atoms with Crippen molar-refractivity contribution < 1.29 is 26.2 Å². The van der Waals surface area contributed by atoms with E-state index in [0.717, 1.165) is 45.0 Å². The first-order chi connectivity index (χ1) is 17.7. The SMILES string of the molecule is Cc1ccnc(N2c3[c-]c(-c4ccc5cc(C(C)C)cc(O)c5n4)ccc3C(C)(C)c3ccccc32)c1.[Pt]. The molecule has 0 atom stereocenters. The van der Waals surface area contributed by atoms with Gasteiger partial charge in [0.05, 0.1) is 0 Å². The van der Waals surface area contributed by atoms with E-state index in [4.69, 9.17) is 9.97 Å². The second-order valence-corrected chi connectivity index (χ2v) is 10.8. The molecule has 0 saturated carbocycles. The summed E-state index contributed by atoms with van der Waals surface area (Å²) in [4.78, 5) is 11.8. The Labute approximate surface area is 238 Å². The molecule has 0 radical (unpaired) electrons. The second kappa shape index (κ2) is 9.67. The largest absolute Gasteiger partial charge is 0.506 e. The summed E-state index contributed by atoms with van der Waals surface area (Å²) in [6.07, 6.45) is 1.86. The molecule has 4 nitrogen and oxygen atoms in total. The van der Waals surface area contributed by atoms with Crippen LogP contribution in [0.15, 0.2) is 79.0 Å². The number of rotatable bonds is 3. The van der Waals surface area contributed by atoms with E-state index in [1.165, 1.54) is 11.1 Å². The minimum absolute atomic E-state index is 0. The van der Waals surface area contributed by atoms with E-state index >= 15 is 0 Å². The number of pyridine rings is 2. The van der Waals surface area contributed by atoms with E-state index in [9.17, 15) is 5.11 Å². The van der Waals surface area contributed by atoms with Crippen LogP contribution in [-0.2, 0) is 26.5 Å². The number of aryl methyl sites for hydroxylation is 1. The van der Waals surface area contributed by atoms with Crippen LogP contribution in [0, 0.1) is 13.0 Å². The van der Waals surface area contributed by atoms with Crippen LogP contribution in [0.3, 0.4) is 0 Å². The number of phenolic OH excluding ortho intramolecular Hbond substituents is 1. The van der Waals surface area contributed by atoms with Gasteiger partial charge in [0.15, 0.2) is 0 Å². The van der Waals surface area contributed by atoms with Crippen molar-refractivity contribution in [1.29, 1.82) is 0 Å². The van der Waals surface area contributed by atoms with Crippen molar-refractivity contribution in [3.05, 3.63) is 107 Å². The van der Waals surface area contributed by atoms with Crippen LogP contribution in [0.25, 0.3) is 22.2 Å². The molecule has 1 aliphatic heterocycles. The Balaban J connectivity index is 0.00000294. The van der Waals surface area contributed by atoms with E-state index in [0.29, 0.717) is 11.4 Å². The number of para-hydroxylation sites is 1. The van der Waals surface area contributed by atoms with Crippen molar-refractivity contribution >= 4 is 28.1 Å². The zero-order chi connectivity index (χ0) is 25.9. The van der Waals surface area contributed by atoms with Crippen LogP contribution < -0.4 is 4.90 Å². The molecule has 6 rings (SSSR count). The van der Waals surface area contributed by atoms with Crippen molar-refractivity contribution in [3.8, 4) is 17.0 Å². The van der Waals surface area contributed by atoms with Gasteiger partial charge in [-0.15, -0.1) is 23.8 Å². The molecular formula is C33H30N3OPt-. The van der Waals surface area contributed by atoms with Crippen molar-refractivity contribution in [2.45, 2.75) is 46.0 Å². The standard InChI is InChI=1S/C33H30N3O.Pt/c1-20(2)24-17-23-11-13-27(35-32(23)30(37)19-24)22-10-12-26-29(18-22)36(31-16-21(3)14-15-34-31)28-9-7-6-8-25(28)33(26,4)5;/h6-17,19-20,37H,1-5H3;/q-1;. The number of hydrogen-bond acceptors (Lipinski definition) is 4. The number of phenols is 1. The first-order valence-electron chi connectivity index (χ1n) is 12.8. The summed E-state index contributed by atoms with van der Waals surface area (Å²) in [6.45, 7) is 10.9. The van der Waals surface area contributed by atoms with Crippen molar-refractivity contribution in [2.75, 3.05) is 4.90 Å². The zero-order valence-electron chi connectivity index (χ0n) is 22.2. The first kappa shape index (κ1) is 26.1. The van der Waals surface area contributed by atoms with Gasteiger partial charge in [-0.1, -0.05) is 63.6 Å². The summed E-state index contributed by atoms with van der Waals surface area (Å²) in [5, 5.41) is 11.7. The number of nitrogens with zero attached hydrogens (tertiary/aromatic N) is 3. The molecule has 0 aliphatic carbocycles. The molecule has 5 aromatic rings. The van der Waals surface area contributed by atoms with Crippen LogP contribution in [0.5, 0.6) is 5.75 Å². The topological polar surface area (TPSA) is 49.2 Å². The third-order valence-electron chi connectivity index (χ3n) is 7.51. The normalized spacial score (nSPS) is 13.7. The van der Waals surface area contributed by atoms with Crippen molar-refractivity contribution in [3.63, 3.8) is 0 Å². The molecule has 0 unspecified atom stereocenters. The van der Waals surface area contributed by atoms with Gasteiger partial charge in [0.2, 0.25) is 0 Å². The van der Waals surface area contributed by atoms with Crippen molar-refractivity contribution in [1.82, 2.24) is 9.97 Å². The number of anilines is 3. The quantitative estimate of drug-likeness (QED) is 0.195. The Hall–Kier alpha value is -3.49. The summed E-state index contributed by atoms with van der Waals surface area (Å²) in [7, 11) is 0. The van der Waals surface area contributed by atoms with Gasteiger partial charge in [0.25, 0.3) is 0 Å². The molecule has 2 aromatic heterocycles. The molecule has 38 heavy (non-hydrogen) atoms. The van der Waals surface area contributed by atoms with Crippen molar-refractivity contribution in [2.24, 2.45) is 0 Å². The summed E-state index contributed by atoms with van der Waals surface area (Å²) < 4.78 is 0. The summed E-state index contributed by atoms with van der Waals surface area (Å²) in [5.41, 5.74) is 8.82. The Morgan fingerprint density at radius 3 is 2.47 bits per heavy atom. The van der Waals surface area contributed by atoms with Crippen LogP contribution in [0.4, 0.5) is 17.2 Å². The molecule has 0 amide bonds. The van der Waals surface area contributed by atoms with Crippen LogP contribution in [0.2, 0.25) is 0 Å². The van der Waals surface area contributed by atoms with Gasteiger partial charge >= 0.3 is 0 Å². The number of fused-ring (bicyclic) bond motifs is 3. The number of benzene rings is 3. The molecule has 194 valence electrons. The van der Waals surface area contributed by atoms with Crippen LogP contribution in [0.1, 0.15) is 55.9 Å². The van der Waals surface area contributed by atoms with Gasteiger partial charge in [-0.2, -0.15) is 0 Å². The summed E-state index contributed by atoms with van der Waals surface area (Å²) in [5.74, 6) is 1.40. The molecule has 3 heterocycles. The smallest absolute Gasteiger partial charge is 0.141 e. The fraction of sp³-hybridized carbons (Fsp3) is 0.212. The van der Waals surface area contributed by atoms with Gasteiger partial charge in [-0.05, 0) is 76.7 Å². The van der Waals surface area contributed by atoms with Gasteiger partial charge in [0, 0.05) is 38.3 Å². The number of hydrogen-bond donors (Lipinski definition) is 1. The second-order valence-electron chi connectivity index (χ2n) is 10.8. The predicted molar refractivity (Wildman–Crippen MR) is 151 cm³/mol. The molecule has 3 aromatic carbocycles. The van der Waals surface area contributed by atoms with E-state index < -0.39 is 0 Å². The van der Waals surface area contributed by atoms with Gasteiger partial charge < -0.3 is 10.0 Å². The van der Waals surface area contributed by atoms with Gasteiger partial charge in [0.1, 0.15) is 17.1 Å². The molecule has 1 aliphatic rings. The molecule has 5 heteroatoms. The van der Waals surface area contributed by atoms with Crippen LogP contribution >= 0.6 is 0 Å². The first-order valence-corrected chi connectivity index (χ1v) is 12.8. The predicted octanol–water partition coefficient (Wildman–Crippen LogP) is 8.34. The fourth-order valence-corrected chi connectivity index (χ4v) is 5.38. The maximum atomic E-state index is 10.8. The number of aromatic nitrogens is 2. The van der Waals surface area contributed by atoms with Gasteiger partial charge in [-0.25, -0.2) is 4.98 Å². The Morgan fingerprint density at radius 2 is 1.71 bits per heavy atom. The average Bonchev–Trinajstić information content (AvgIpc) is 2.88. The maximum absolute atomic E-state index is 10.8. The molecular weight excluding hydrogens is 649 g/mol. The Morgan fingerprint density at radius 1 is 0.921 bits per heavy atom. The third kappa shape index (κ3) is 4.21. The van der Waals surface area contributed by atoms with Gasteiger partial charge in [-0.3, -0.25) is 4.98 Å². The maximum Gasteiger partial charge on any atom is 0.141 e. The minimum Gasteiger partial charge on any atom is -0.506 e. The Kier molecular flexibility index (Phi) is 6.65. The van der Waals surface area contributed by atoms with E-state index in [1.54, 1.807) is 0 Å². The van der Waals surface area contributed by atoms with E-state index in [-0.39, 0.29) is 32.2 Å².